The van der Waals surface area contributed by atoms with E-state index in [-0.39, 0.29) is 5.82 Å². The van der Waals surface area contributed by atoms with Crippen LogP contribution < -0.4 is 5.32 Å². The van der Waals surface area contributed by atoms with Gasteiger partial charge in [0.15, 0.2) is 5.82 Å². The van der Waals surface area contributed by atoms with Crippen LogP contribution in [0.1, 0.15) is 17.2 Å². The predicted molar refractivity (Wildman–Crippen MR) is 58.4 cm³/mol. The lowest BCUT2D eigenvalue weighted by Crippen LogP contribution is -2.06. The average molecular weight is 220 g/mol. The van der Waals surface area contributed by atoms with Crippen LogP contribution in [-0.2, 0) is 13.0 Å². The standard InChI is InChI=1S/C11H13FN4/c1-13-7-11-14-10(15-16-11)6-8-2-4-9(12)5-3-8/h2-5,13H,6-7H2,1H3,(H,14,15,16). The highest BCUT2D eigenvalue weighted by Gasteiger charge is 2.03. The minimum atomic E-state index is -0.225. The van der Waals surface area contributed by atoms with Crippen molar-refractivity contribution in [1.29, 1.82) is 0 Å². The number of rotatable bonds is 4. The summed E-state index contributed by atoms with van der Waals surface area (Å²) in [6.45, 7) is 0.639. The second-order valence-electron chi connectivity index (χ2n) is 3.53. The van der Waals surface area contributed by atoms with Gasteiger partial charge in [-0.05, 0) is 24.7 Å². The number of aromatic nitrogens is 3. The fraction of sp³-hybridized carbons (Fsp3) is 0.273. The first-order valence-electron chi connectivity index (χ1n) is 5.07. The molecule has 0 aliphatic carbocycles. The van der Waals surface area contributed by atoms with E-state index in [0.717, 1.165) is 17.2 Å². The van der Waals surface area contributed by atoms with Crippen molar-refractivity contribution < 1.29 is 4.39 Å². The van der Waals surface area contributed by atoms with Crippen LogP contribution >= 0.6 is 0 Å². The number of aromatic amines is 1. The number of benzene rings is 1. The molecule has 0 atom stereocenters. The first-order valence-corrected chi connectivity index (χ1v) is 5.07. The van der Waals surface area contributed by atoms with Crippen LogP contribution in [0.5, 0.6) is 0 Å². The molecule has 4 nitrogen and oxygen atoms in total. The molecule has 0 fully saturated rings. The van der Waals surface area contributed by atoms with E-state index < -0.39 is 0 Å². The monoisotopic (exact) mass is 220 g/mol. The van der Waals surface area contributed by atoms with Gasteiger partial charge in [-0.3, -0.25) is 5.10 Å². The van der Waals surface area contributed by atoms with Gasteiger partial charge in [-0.15, -0.1) is 0 Å². The van der Waals surface area contributed by atoms with Crippen molar-refractivity contribution in [2.24, 2.45) is 0 Å². The highest BCUT2D eigenvalue weighted by Crippen LogP contribution is 2.07. The number of hydrogen-bond acceptors (Lipinski definition) is 3. The molecule has 1 aromatic heterocycles. The van der Waals surface area contributed by atoms with Gasteiger partial charge in [-0.25, -0.2) is 9.37 Å². The van der Waals surface area contributed by atoms with E-state index in [1.165, 1.54) is 12.1 Å². The average Bonchev–Trinajstić information content (AvgIpc) is 2.70. The van der Waals surface area contributed by atoms with Crippen molar-refractivity contribution in [3.63, 3.8) is 0 Å². The highest BCUT2D eigenvalue weighted by atomic mass is 19.1. The molecular weight excluding hydrogens is 207 g/mol. The molecular formula is C11H13FN4. The summed E-state index contributed by atoms with van der Waals surface area (Å²) in [5, 5.41) is 9.88. The summed E-state index contributed by atoms with van der Waals surface area (Å²) in [5.41, 5.74) is 1.01. The van der Waals surface area contributed by atoms with Crippen LogP contribution in [0.25, 0.3) is 0 Å². The second-order valence-corrected chi connectivity index (χ2v) is 3.53. The summed E-state index contributed by atoms with van der Waals surface area (Å²) < 4.78 is 12.7. The summed E-state index contributed by atoms with van der Waals surface area (Å²) in [4.78, 5) is 4.29. The number of halogens is 1. The van der Waals surface area contributed by atoms with Gasteiger partial charge in [0.2, 0.25) is 0 Å². The van der Waals surface area contributed by atoms with Crippen molar-refractivity contribution >= 4 is 0 Å². The Morgan fingerprint density at radius 3 is 2.75 bits per heavy atom. The first-order chi connectivity index (χ1) is 7.78. The Labute approximate surface area is 92.9 Å². The number of nitrogens with one attached hydrogen (secondary N) is 2. The molecule has 1 heterocycles. The number of H-pyrrole nitrogens is 1. The van der Waals surface area contributed by atoms with Gasteiger partial charge in [0.05, 0.1) is 6.54 Å². The van der Waals surface area contributed by atoms with Crippen molar-refractivity contribution in [3.8, 4) is 0 Å². The van der Waals surface area contributed by atoms with E-state index in [9.17, 15) is 4.39 Å². The first kappa shape index (κ1) is 10.8. The second kappa shape index (κ2) is 4.85. The normalized spacial score (nSPS) is 10.6. The van der Waals surface area contributed by atoms with Crippen LogP contribution in [0.2, 0.25) is 0 Å². The molecule has 0 radical (unpaired) electrons. The lowest BCUT2D eigenvalue weighted by Gasteiger charge is -1.96. The Kier molecular flexibility index (Phi) is 3.26. The smallest absolute Gasteiger partial charge is 0.164 e. The number of hydrogen-bond donors (Lipinski definition) is 2. The zero-order chi connectivity index (χ0) is 11.4. The summed E-state index contributed by atoms with van der Waals surface area (Å²) in [5.74, 6) is 1.30. The van der Waals surface area contributed by atoms with Gasteiger partial charge in [0.25, 0.3) is 0 Å². The molecule has 0 saturated heterocycles. The lowest BCUT2D eigenvalue weighted by atomic mass is 10.1. The molecule has 0 spiro atoms. The van der Waals surface area contributed by atoms with E-state index in [1.54, 1.807) is 12.1 Å². The Bertz CT molecular complexity index is 449. The van der Waals surface area contributed by atoms with E-state index >= 15 is 0 Å². The summed E-state index contributed by atoms with van der Waals surface area (Å²) in [6.07, 6.45) is 0.636. The third-order valence-corrected chi connectivity index (χ3v) is 2.20. The zero-order valence-corrected chi connectivity index (χ0v) is 9.00. The highest BCUT2D eigenvalue weighted by molar-refractivity contribution is 5.19. The fourth-order valence-electron chi connectivity index (χ4n) is 1.45. The van der Waals surface area contributed by atoms with E-state index in [4.69, 9.17) is 0 Å². The maximum atomic E-state index is 12.7. The molecule has 84 valence electrons. The Hall–Kier alpha value is -1.75. The minimum Gasteiger partial charge on any atom is -0.313 e. The van der Waals surface area contributed by atoms with Crippen molar-refractivity contribution in [3.05, 3.63) is 47.3 Å². The van der Waals surface area contributed by atoms with E-state index in [2.05, 4.69) is 20.5 Å². The van der Waals surface area contributed by atoms with E-state index in [0.29, 0.717) is 13.0 Å². The van der Waals surface area contributed by atoms with Crippen LogP contribution in [0.4, 0.5) is 4.39 Å². The molecule has 0 amide bonds. The lowest BCUT2D eigenvalue weighted by molar-refractivity contribution is 0.627. The van der Waals surface area contributed by atoms with Crippen molar-refractivity contribution in [1.82, 2.24) is 20.5 Å². The fourth-order valence-corrected chi connectivity index (χ4v) is 1.45. The van der Waals surface area contributed by atoms with Crippen molar-refractivity contribution in [2.45, 2.75) is 13.0 Å². The molecule has 0 bridgehead atoms. The summed E-state index contributed by atoms with van der Waals surface area (Å²) in [6, 6.07) is 6.38. The molecule has 5 heteroatoms. The molecule has 2 aromatic rings. The number of nitrogens with zero attached hydrogens (tertiary/aromatic N) is 2. The Morgan fingerprint density at radius 1 is 1.31 bits per heavy atom. The van der Waals surface area contributed by atoms with Crippen LogP contribution in [-0.4, -0.2) is 22.2 Å². The predicted octanol–water partition coefficient (Wildman–Crippen LogP) is 1.25. The molecule has 0 saturated carbocycles. The maximum absolute atomic E-state index is 12.7. The molecule has 16 heavy (non-hydrogen) atoms. The molecule has 0 unspecified atom stereocenters. The summed E-state index contributed by atoms with van der Waals surface area (Å²) >= 11 is 0. The zero-order valence-electron chi connectivity index (χ0n) is 9.00. The van der Waals surface area contributed by atoms with Crippen molar-refractivity contribution in [2.75, 3.05) is 7.05 Å². The minimum absolute atomic E-state index is 0.225. The largest absolute Gasteiger partial charge is 0.313 e. The Balaban J connectivity index is 2.05. The topological polar surface area (TPSA) is 53.6 Å². The molecule has 0 aliphatic heterocycles. The quantitative estimate of drug-likeness (QED) is 0.815. The van der Waals surface area contributed by atoms with Crippen LogP contribution in [0.15, 0.2) is 24.3 Å². The molecule has 0 aliphatic rings. The van der Waals surface area contributed by atoms with Gasteiger partial charge in [0.1, 0.15) is 11.6 Å². The maximum Gasteiger partial charge on any atom is 0.164 e. The third kappa shape index (κ3) is 2.64. The SMILES string of the molecule is CNCc1n[nH]c(Cc2ccc(F)cc2)n1. The molecule has 1 aromatic carbocycles. The third-order valence-electron chi connectivity index (χ3n) is 2.20. The molecule has 2 N–H and O–H groups in total. The van der Waals surface area contributed by atoms with Crippen LogP contribution in [0.3, 0.4) is 0 Å². The van der Waals surface area contributed by atoms with E-state index in [1.807, 2.05) is 7.05 Å². The summed E-state index contributed by atoms with van der Waals surface area (Å²) in [7, 11) is 1.84. The Morgan fingerprint density at radius 2 is 2.06 bits per heavy atom. The van der Waals surface area contributed by atoms with Gasteiger partial charge in [-0.1, -0.05) is 12.1 Å². The van der Waals surface area contributed by atoms with Gasteiger partial charge < -0.3 is 5.32 Å². The van der Waals surface area contributed by atoms with Gasteiger partial charge >= 0.3 is 0 Å². The molecule has 2 rings (SSSR count). The van der Waals surface area contributed by atoms with Gasteiger partial charge in [-0.2, -0.15) is 5.10 Å². The van der Waals surface area contributed by atoms with Crippen LogP contribution in [0, 0.1) is 5.82 Å². The van der Waals surface area contributed by atoms with Gasteiger partial charge in [0, 0.05) is 6.42 Å².